The minimum Gasteiger partial charge on any atom is -0.212 e. The fraction of sp³-hybridized carbons (Fsp3) is 0.909. The van der Waals surface area contributed by atoms with Crippen molar-refractivity contribution >= 4 is 10.0 Å². The molecule has 0 aromatic heterocycles. The van der Waals surface area contributed by atoms with E-state index in [1.807, 2.05) is 6.07 Å². The average molecular weight is 298 g/mol. The van der Waals surface area contributed by atoms with Gasteiger partial charge in [-0.3, -0.25) is 0 Å². The number of sulfonamides is 1. The number of nitriles is 1. The highest BCUT2D eigenvalue weighted by molar-refractivity contribution is 7.89. The van der Waals surface area contributed by atoms with Gasteiger partial charge in [0.15, 0.2) is 0 Å². The van der Waals surface area contributed by atoms with E-state index in [-0.39, 0.29) is 31.7 Å². The molecule has 1 fully saturated rings. The van der Waals surface area contributed by atoms with Gasteiger partial charge < -0.3 is 0 Å². The van der Waals surface area contributed by atoms with Crippen LogP contribution in [0, 0.1) is 22.7 Å². The van der Waals surface area contributed by atoms with Crippen molar-refractivity contribution in [3.8, 4) is 6.07 Å². The second-order valence-corrected chi connectivity index (χ2v) is 7.44. The summed E-state index contributed by atoms with van der Waals surface area (Å²) in [5.41, 5.74) is -1.04. The molecule has 0 aromatic carbocycles. The number of rotatable bonds is 3. The van der Waals surface area contributed by atoms with Gasteiger partial charge in [0, 0.05) is 13.1 Å². The Hall–Kier alpha value is -0.810. The Morgan fingerprint density at radius 1 is 1.26 bits per heavy atom. The van der Waals surface area contributed by atoms with Crippen LogP contribution < -0.4 is 0 Å². The van der Waals surface area contributed by atoms with Crippen molar-refractivity contribution in [3.05, 3.63) is 0 Å². The second-order valence-electron chi connectivity index (χ2n) is 5.47. The topological polar surface area (TPSA) is 61.2 Å². The van der Waals surface area contributed by atoms with Gasteiger partial charge in [-0.15, -0.1) is 0 Å². The van der Waals surface area contributed by atoms with Crippen LogP contribution in [0.25, 0.3) is 0 Å². The molecule has 19 heavy (non-hydrogen) atoms. The van der Waals surface area contributed by atoms with Crippen LogP contribution in [0.4, 0.5) is 13.2 Å². The van der Waals surface area contributed by atoms with Gasteiger partial charge in [0.05, 0.1) is 23.2 Å². The fourth-order valence-electron chi connectivity index (χ4n) is 2.04. The monoisotopic (exact) mass is 298 g/mol. The van der Waals surface area contributed by atoms with Gasteiger partial charge in [-0.05, 0) is 26.7 Å². The van der Waals surface area contributed by atoms with Crippen LogP contribution in [0.5, 0.6) is 0 Å². The van der Waals surface area contributed by atoms with E-state index in [0.717, 1.165) is 4.31 Å². The van der Waals surface area contributed by atoms with Crippen molar-refractivity contribution in [1.82, 2.24) is 4.31 Å². The molecule has 0 radical (unpaired) electrons. The molecule has 110 valence electrons. The summed E-state index contributed by atoms with van der Waals surface area (Å²) in [6.45, 7) is 2.72. The Morgan fingerprint density at radius 2 is 1.74 bits per heavy atom. The summed E-state index contributed by atoms with van der Waals surface area (Å²) in [4.78, 5) is 0. The molecule has 1 aliphatic heterocycles. The molecule has 0 N–H and O–H groups in total. The third-order valence-electron chi connectivity index (χ3n) is 3.16. The van der Waals surface area contributed by atoms with Gasteiger partial charge in [0.1, 0.15) is 0 Å². The van der Waals surface area contributed by atoms with E-state index in [1.165, 1.54) is 13.8 Å². The summed E-state index contributed by atoms with van der Waals surface area (Å²) in [7, 11) is -3.68. The van der Waals surface area contributed by atoms with E-state index in [9.17, 15) is 21.6 Å². The lowest BCUT2D eigenvalue weighted by Gasteiger charge is -2.33. The predicted octanol–water partition coefficient (Wildman–Crippen LogP) is 2.14. The van der Waals surface area contributed by atoms with Crippen LogP contribution in [0.15, 0.2) is 0 Å². The van der Waals surface area contributed by atoms with Crippen molar-refractivity contribution in [2.75, 3.05) is 18.8 Å². The lowest BCUT2D eigenvalue weighted by molar-refractivity contribution is -0.182. The highest BCUT2D eigenvalue weighted by atomic mass is 32.2. The molecule has 0 amide bonds. The number of piperidine rings is 1. The third kappa shape index (κ3) is 4.35. The van der Waals surface area contributed by atoms with E-state index in [4.69, 9.17) is 5.26 Å². The third-order valence-corrected chi connectivity index (χ3v) is 5.39. The van der Waals surface area contributed by atoms with Crippen molar-refractivity contribution < 1.29 is 21.6 Å². The number of alkyl halides is 3. The SMILES string of the molecule is CC(C)(C#N)CS(=O)(=O)N1CCC(C(F)(F)F)CC1. The number of nitrogens with zero attached hydrogens (tertiary/aromatic N) is 2. The molecule has 0 spiro atoms. The molecule has 0 saturated carbocycles. The predicted molar refractivity (Wildman–Crippen MR) is 63.5 cm³/mol. The van der Waals surface area contributed by atoms with Crippen LogP contribution in [-0.2, 0) is 10.0 Å². The molecule has 1 rings (SSSR count). The zero-order valence-corrected chi connectivity index (χ0v) is 11.7. The standard InChI is InChI=1S/C11H17F3N2O2S/c1-10(2,7-15)8-19(17,18)16-5-3-9(4-6-16)11(12,13)14/h9H,3-6,8H2,1-2H3. The van der Waals surface area contributed by atoms with Gasteiger partial charge in [-0.2, -0.15) is 18.4 Å². The van der Waals surface area contributed by atoms with Crippen LogP contribution >= 0.6 is 0 Å². The van der Waals surface area contributed by atoms with Gasteiger partial charge >= 0.3 is 6.18 Å². The number of halogens is 3. The fourth-order valence-corrected chi connectivity index (χ4v) is 3.97. The van der Waals surface area contributed by atoms with Crippen molar-refractivity contribution in [1.29, 1.82) is 5.26 Å². The van der Waals surface area contributed by atoms with Crippen LogP contribution in [-0.4, -0.2) is 37.7 Å². The van der Waals surface area contributed by atoms with Gasteiger partial charge in [0.2, 0.25) is 10.0 Å². The quantitative estimate of drug-likeness (QED) is 0.802. The molecular formula is C11H17F3N2O2S. The Bertz CT molecular complexity index is 457. The summed E-state index contributed by atoms with van der Waals surface area (Å²) >= 11 is 0. The van der Waals surface area contributed by atoms with Crippen LogP contribution in [0.3, 0.4) is 0 Å². The lowest BCUT2D eigenvalue weighted by atomic mass is 9.98. The highest BCUT2D eigenvalue weighted by Gasteiger charge is 2.43. The van der Waals surface area contributed by atoms with Crippen molar-refractivity contribution in [3.63, 3.8) is 0 Å². The Labute approximate surface area is 111 Å². The van der Waals surface area contributed by atoms with E-state index < -0.39 is 27.5 Å². The van der Waals surface area contributed by atoms with Gasteiger partial charge in [-0.1, -0.05) is 0 Å². The molecule has 1 heterocycles. The normalized spacial score (nSPS) is 20.2. The molecule has 1 aliphatic rings. The maximum atomic E-state index is 12.5. The molecule has 0 aliphatic carbocycles. The van der Waals surface area contributed by atoms with Crippen LogP contribution in [0.1, 0.15) is 26.7 Å². The maximum absolute atomic E-state index is 12.5. The smallest absolute Gasteiger partial charge is 0.212 e. The zero-order valence-electron chi connectivity index (χ0n) is 10.9. The van der Waals surface area contributed by atoms with E-state index in [2.05, 4.69) is 0 Å². The van der Waals surface area contributed by atoms with Crippen molar-refractivity contribution in [2.45, 2.75) is 32.9 Å². The minimum absolute atomic E-state index is 0.131. The minimum atomic E-state index is -4.26. The first-order chi connectivity index (χ1) is 8.48. The summed E-state index contributed by atoms with van der Waals surface area (Å²) in [6.07, 6.45) is -4.69. The van der Waals surface area contributed by atoms with Crippen molar-refractivity contribution in [2.24, 2.45) is 11.3 Å². The Morgan fingerprint density at radius 3 is 2.11 bits per heavy atom. The summed E-state index contributed by atoms with van der Waals surface area (Å²) < 4.78 is 62.5. The van der Waals surface area contributed by atoms with Crippen LogP contribution in [0.2, 0.25) is 0 Å². The molecular weight excluding hydrogens is 281 g/mol. The molecule has 0 atom stereocenters. The molecule has 8 heteroatoms. The summed E-state index contributed by atoms with van der Waals surface area (Å²) in [5.74, 6) is -1.80. The van der Waals surface area contributed by atoms with Gasteiger partial charge in [0.25, 0.3) is 0 Å². The largest absolute Gasteiger partial charge is 0.391 e. The first-order valence-corrected chi connectivity index (χ1v) is 7.55. The lowest BCUT2D eigenvalue weighted by Crippen LogP contribution is -2.44. The first kappa shape index (κ1) is 16.2. The Kier molecular flexibility index (Phi) is 4.52. The van der Waals surface area contributed by atoms with E-state index in [0.29, 0.717) is 0 Å². The van der Waals surface area contributed by atoms with E-state index in [1.54, 1.807) is 0 Å². The summed E-state index contributed by atoms with van der Waals surface area (Å²) in [5, 5.41) is 8.82. The molecule has 0 aromatic rings. The first-order valence-electron chi connectivity index (χ1n) is 5.94. The summed E-state index contributed by atoms with van der Waals surface area (Å²) in [6, 6.07) is 1.88. The highest BCUT2D eigenvalue weighted by Crippen LogP contribution is 2.35. The Balaban J connectivity index is 2.68. The molecule has 0 unspecified atom stereocenters. The molecule has 1 saturated heterocycles. The zero-order chi connectivity index (χ0) is 14.9. The molecule has 4 nitrogen and oxygen atoms in total. The maximum Gasteiger partial charge on any atom is 0.391 e. The molecule has 0 bridgehead atoms. The second kappa shape index (κ2) is 5.29. The van der Waals surface area contributed by atoms with E-state index >= 15 is 0 Å². The average Bonchev–Trinajstić information content (AvgIpc) is 2.27. The number of hydrogen-bond acceptors (Lipinski definition) is 3. The number of hydrogen-bond donors (Lipinski definition) is 0. The van der Waals surface area contributed by atoms with Gasteiger partial charge in [-0.25, -0.2) is 12.7 Å².